The van der Waals surface area contributed by atoms with Crippen LogP contribution in [0.2, 0.25) is 0 Å². The quantitative estimate of drug-likeness (QED) is 0.511. The van der Waals surface area contributed by atoms with Gasteiger partial charge in [0.15, 0.2) is 5.13 Å². The predicted molar refractivity (Wildman–Crippen MR) is 120 cm³/mol. The van der Waals surface area contributed by atoms with Crippen molar-refractivity contribution in [3.63, 3.8) is 0 Å². The van der Waals surface area contributed by atoms with Crippen LogP contribution in [0.25, 0.3) is 10.2 Å². The lowest BCUT2D eigenvalue weighted by Crippen LogP contribution is -2.38. The summed E-state index contributed by atoms with van der Waals surface area (Å²) in [7, 11) is 0. The predicted octanol–water partition coefficient (Wildman–Crippen LogP) is 5.39. The van der Waals surface area contributed by atoms with Crippen molar-refractivity contribution in [1.82, 2.24) is 9.88 Å². The van der Waals surface area contributed by atoms with E-state index in [9.17, 15) is 4.79 Å². The monoisotopic (exact) mass is 423 g/mol. The molecule has 3 rings (SSSR count). The van der Waals surface area contributed by atoms with Gasteiger partial charge in [0.25, 0.3) is 5.91 Å². The number of hydrogen-bond donors (Lipinski definition) is 0. The molecule has 0 saturated heterocycles. The largest absolute Gasteiger partial charge is 0.302 e. The molecule has 4 nitrogen and oxygen atoms in total. The van der Waals surface area contributed by atoms with Crippen LogP contribution >= 0.6 is 35.1 Å². The number of nitrogens with zero attached hydrogens (tertiary/aromatic N) is 3. The molecule has 3 aromatic rings. The molecule has 1 amide bonds. The number of aryl methyl sites for hydroxylation is 2. The third kappa shape index (κ3) is 4.88. The van der Waals surface area contributed by atoms with Gasteiger partial charge in [0.05, 0.1) is 15.1 Å². The van der Waals surface area contributed by atoms with Crippen molar-refractivity contribution in [2.45, 2.75) is 27.7 Å². The summed E-state index contributed by atoms with van der Waals surface area (Å²) in [5, 5.41) is 2.74. The van der Waals surface area contributed by atoms with Crippen LogP contribution in [0.3, 0.4) is 0 Å². The molecule has 0 saturated carbocycles. The number of fused-ring (bicyclic) bond motifs is 1. The minimum Gasteiger partial charge on any atom is -0.302 e. The second-order valence-electron chi connectivity index (χ2n) is 6.39. The molecule has 2 aromatic heterocycles. The second kappa shape index (κ2) is 9.64. The molecule has 146 valence electrons. The smallest absolute Gasteiger partial charge is 0.270 e. The first kappa shape index (κ1) is 21.8. The Morgan fingerprint density at radius 2 is 1.89 bits per heavy atom. The summed E-state index contributed by atoms with van der Waals surface area (Å²) in [6, 6.07) is 8.11. The number of anilines is 1. The van der Waals surface area contributed by atoms with E-state index in [0.29, 0.717) is 6.54 Å². The standard InChI is InChI=1S/C20H25N3OS2.ClH/c1-5-22(6-2)9-10-23(19(24)16-8-7-11-25-16)20-21-18-15(4)12-14(3)13-17(18)26-20;/h7-8,11-13H,5-6,9-10H2,1-4H3;1H. The van der Waals surface area contributed by atoms with Gasteiger partial charge in [-0.1, -0.05) is 37.3 Å². The molecule has 27 heavy (non-hydrogen) atoms. The van der Waals surface area contributed by atoms with Crippen LogP contribution in [0, 0.1) is 13.8 Å². The molecule has 0 unspecified atom stereocenters. The topological polar surface area (TPSA) is 36.4 Å². The number of halogens is 1. The van der Waals surface area contributed by atoms with E-state index in [4.69, 9.17) is 4.98 Å². The maximum absolute atomic E-state index is 13.1. The van der Waals surface area contributed by atoms with Crippen molar-refractivity contribution in [2.75, 3.05) is 31.1 Å². The van der Waals surface area contributed by atoms with Crippen LogP contribution in [-0.4, -0.2) is 42.0 Å². The Kier molecular flexibility index (Phi) is 7.79. The second-order valence-corrected chi connectivity index (χ2v) is 8.34. The lowest BCUT2D eigenvalue weighted by molar-refractivity contribution is 0.0987. The lowest BCUT2D eigenvalue weighted by Gasteiger charge is -2.24. The molecule has 0 bridgehead atoms. The maximum Gasteiger partial charge on any atom is 0.270 e. The number of carbonyl (C=O) groups is 1. The molecule has 0 aliphatic heterocycles. The number of thiophene rings is 1. The number of hydrogen-bond acceptors (Lipinski definition) is 5. The maximum atomic E-state index is 13.1. The number of aromatic nitrogens is 1. The summed E-state index contributed by atoms with van der Waals surface area (Å²) in [4.78, 5) is 22.9. The lowest BCUT2D eigenvalue weighted by atomic mass is 10.1. The molecular formula is C20H26ClN3OS2. The Balaban J connectivity index is 0.00000261. The van der Waals surface area contributed by atoms with Crippen LogP contribution in [0.4, 0.5) is 5.13 Å². The van der Waals surface area contributed by atoms with Gasteiger partial charge in [0.1, 0.15) is 0 Å². The van der Waals surface area contributed by atoms with Gasteiger partial charge in [-0.25, -0.2) is 4.98 Å². The van der Waals surface area contributed by atoms with Gasteiger partial charge in [0, 0.05) is 13.1 Å². The molecule has 0 atom stereocenters. The van der Waals surface area contributed by atoms with Crippen molar-refractivity contribution in [3.8, 4) is 0 Å². The summed E-state index contributed by atoms with van der Waals surface area (Å²) in [6.45, 7) is 11.9. The Morgan fingerprint density at radius 3 is 2.52 bits per heavy atom. The van der Waals surface area contributed by atoms with Gasteiger partial charge >= 0.3 is 0 Å². The van der Waals surface area contributed by atoms with Gasteiger partial charge in [0.2, 0.25) is 0 Å². The van der Waals surface area contributed by atoms with Crippen LogP contribution < -0.4 is 4.90 Å². The van der Waals surface area contributed by atoms with Gasteiger partial charge < -0.3 is 4.90 Å². The van der Waals surface area contributed by atoms with E-state index in [2.05, 4.69) is 44.7 Å². The highest BCUT2D eigenvalue weighted by molar-refractivity contribution is 7.22. The number of thiazole rings is 1. The summed E-state index contributed by atoms with van der Waals surface area (Å²) < 4.78 is 1.14. The van der Waals surface area contributed by atoms with E-state index < -0.39 is 0 Å². The van der Waals surface area contributed by atoms with E-state index in [-0.39, 0.29) is 18.3 Å². The highest BCUT2D eigenvalue weighted by Crippen LogP contribution is 2.32. The first-order valence-corrected chi connectivity index (χ1v) is 10.7. The molecule has 0 radical (unpaired) electrons. The zero-order chi connectivity index (χ0) is 18.7. The Morgan fingerprint density at radius 1 is 1.15 bits per heavy atom. The third-order valence-corrected chi connectivity index (χ3v) is 6.44. The average Bonchev–Trinajstić information content (AvgIpc) is 3.28. The molecule has 2 heterocycles. The number of amides is 1. The van der Waals surface area contributed by atoms with Crippen molar-refractivity contribution in [1.29, 1.82) is 0 Å². The minimum atomic E-state index is 0. The molecule has 0 aliphatic carbocycles. The fraction of sp³-hybridized carbons (Fsp3) is 0.400. The Hall–Kier alpha value is -1.47. The van der Waals surface area contributed by atoms with Crippen LogP contribution in [-0.2, 0) is 0 Å². The molecule has 1 aromatic carbocycles. The number of carbonyl (C=O) groups excluding carboxylic acids is 1. The van der Waals surface area contributed by atoms with Gasteiger partial charge in [-0.3, -0.25) is 9.69 Å². The fourth-order valence-corrected chi connectivity index (χ4v) is 4.91. The first-order chi connectivity index (χ1) is 12.5. The summed E-state index contributed by atoms with van der Waals surface area (Å²) in [6.07, 6.45) is 0. The van der Waals surface area contributed by atoms with Gasteiger partial charge in [-0.05, 0) is 55.6 Å². The van der Waals surface area contributed by atoms with Crippen molar-refractivity contribution >= 4 is 56.3 Å². The molecule has 0 N–H and O–H groups in total. The summed E-state index contributed by atoms with van der Waals surface area (Å²) in [5.41, 5.74) is 3.39. The molecule has 7 heteroatoms. The number of likely N-dealkylation sites (N-methyl/N-ethyl adjacent to an activating group) is 1. The van der Waals surface area contributed by atoms with E-state index in [1.54, 1.807) is 11.3 Å². The molecule has 0 spiro atoms. The van der Waals surface area contributed by atoms with E-state index in [1.165, 1.54) is 16.9 Å². The summed E-state index contributed by atoms with van der Waals surface area (Å²) >= 11 is 3.09. The highest BCUT2D eigenvalue weighted by Gasteiger charge is 2.23. The molecule has 0 fully saturated rings. The highest BCUT2D eigenvalue weighted by atomic mass is 35.5. The Labute approximate surface area is 175 Å². The summed E-state index contributed by atoms with van der Waals surface area (Å²) in [5.74, 6) is 0.0422. The Bertz CT molecular complexity index is 888. The molecular weight excluding hydrogens is 398 g/mol. The zero-order valence-electron chi connectivity index (χ0n) is 16.2. The van der Waals surface area contributed by atoms with E-state index in [1.807, 2.05) is 22.4 Å². The fourth-order valence-electron chi connectivity index (χ4n) is 3.07. The molecule has 0 aliphatic rings. The van der Waals surface area contributed by atoms with Gasteiger partial charge in [-0.2, -0.15) is 0 Å². The number of benzene rings is 1. The van der Waals surface area contributed by atoms with E-state index >= 15 is 0 Å². The number of rotatable bonds is 7. The normalized spacial score (nSPS) is 11.0. The third-order valence-electron chi connectivity index (χ3n) is 4.56. The van der Waals surface area contributed by atoms with Crippen LogP contribution in [0.1, 0.15) is 34.6 Å². The van der Waals surface area contributed by atoms with E-state index in [0.717, 1.165) is 45.4 Å². The van der Waals surface area contributed by atoms with Gasteiger partial charge in [-0.15, -0.1) is 23.7 Å². The van der Waals surface area contributed by atoms with Crippen LogP contribution in [0.5, 0.6) is 0 Å². The average molecular weight is 424 g/mol. The SMILES string of the molecule is CCN(CC)CCN(C(=O)c1cccs1)c1nc2c(C)cc(C)cc2s1.Cl. The first-order valence-electron chi connectivity index (χ1n) is 8.99. The minimum absolute atomic E-state index is 0. The van der Waals surface area contributed by atoms with Crippen molar-refractivity contribution < 1.29 is 4.79 Å². The zero-order valence-corrected chi connectivity index (χ0v) is 18.6. The van der Waals surface area contributed by atoms with Crippen LogP contribution in [0.15, 0.2) is 29.6 Å². The van der Waals surface area contributed by atoms with Crippen molar-refractivity contribution in [3.05, 3.63) is 45.6 Å². The van der Waals surface area contributed by atoms with Crippen molar-refractivity contribution in [2.24, 2.45) is 0 Å².